The summed E-state index contributed by atoms with van der Waals surface area (Å²) in [5.74, 6) is 0.783. The first-order valence-corrected chi connectivity index (χ1v) is 10.2. The van der Waals surface area contributed by atoms with Crippen molar-refractivity contribution in [3.63, 3.8) is 0 Å². The maximum Gasteiger partial charge on any atom is 0.175 e. The van der Waals surface area contributed by atoms with Gasteiger partial charge in [-0.1, -0.05) is 66.4 Å². The number of aromatic nitrogens is 2. The lowest BCUT2D eigenvalue weighted by Gasteiger charge is -2.13. The molecular formula is C24H20N2O2S. The maximum absolute atomic E-state index is 12.9. The van der Waals surface area contributed by atoms with E-state index in [1.807, 2.05) is 61.5 Å². The molecule has 0 aliphatic carbocycles. The van der Waals surface area contributed by atoms with Gasteiger partial charge in [-0.25, -0.2) is 0 Å². The second-order valence-corrected chi connectivity index (χ2v) is 7.95. The van der Waals surface area contributed by atoms with Gasteiger partial charge in [0.25, 0.3) is 0 Å². The summed E-state index contributed by atoms with van der Waals surface area (Å²) in [4.78, 5) is 12.9. The van der Waals surface area contributed by atoms with E-state index in [1.165, 1.54) is 11.8 Å². The Morgan fingerprint density at radius 1 is 0.862 bits per heavy atom. The molecule has 0 bridgehead atoms. The zero-order chi connectivity index (χ0) is 20.2. The fourth-order valence-corrected chi connectivity index (χ4v) is 4.16. The highest BCUT2D eigenvalue weighted by atomic mass is 32.2. The van der Waals surface area contributed by atoms with Gasteiger partial charge in [-0.05, 0) is 31.2 Å². The fourth-order valence-electron chi connectivity index (χ4n) is 3.19. The number of nitrogens with zero attached hydrogens (tertiary/aromatic N) is 2. The predicted octanol–water partition coefficient (Wildman–Crippen LogP) is 5.67. The Labute approximate surface area is 173 Å². The van der Waals surface area contributed by atoms with Gasteiger partial charge in [-0.2, -0.15) is 0 Å². The monoisotopic (exact) mass is 400 g/mol. The van der Waals surface area contributed by atoms with Crippen LogP contribution in [0.4, 0.5) is 0 Å². The number of fused-ring (bicyclic) bond motifs is 1. The molecule has 4 aromatic rings. The van der Waals surface area contributed by atoms with Crippen molar-refractivity contribution in [1.82, 2.24) is 10.2 Å². The Balaban J connectivity index is 1.65. The first-order chi connectivity index (χ1) is 14.2. The van der Waals surface area contributed by atoms with Crippen LogP contribution in [0.25, 0.3) is 22.0 Å². The van der Waals surface area contributed by atoms with Gasteiger partial charge in [-0.3, -0.25) is 4.79 Å². The number of ether oxygens (including phenoxy) is 1. The first kappa shape index (κ1) is 19.2. The van der Waals surface area contributed by atoms with Crippen LogP contribution in [0.2, 0.25) is 0 Å². The zero-order valence-electron chi connectivity index (χ0n) is 16.2. The van der Waals surface area contributed by atoms with E-state index in [-0.39, 0.29) is 11.0 Å². The van der Waals surface area contributed by atoms with Crippen LogP contribution in [-0.2, 0) is 0 Å². The summed E-state index contributed by atoms with van der Waals surface area (Å²) in [6.07, 6.45) is 0. The predicted molar refractivity (Wildman–Crippen MR) is 118 cm³/mol. The second kappa shape index (κ2) is 8.45. The van der Waals surface area contributed by atoms with Crippen LogP contribution >= 0.6 is 11.8 Å². The Morgan fingerprint density at radius 3 is 2.21 bits per heavy atom. The van der Waals surface area contributed by atoms with Gasteiger partial charge in [0, 0.05) is 21.9 Å². The van der Waals surface area contributed by atoms with Crippen molar-refractivity contribution in [3.8, 4) is 17.0 Å². The number of Topliss-reactive ketones (excluding diaryl/α,β-unsaturated/α-hetero) is 1. The molecule has 0 aliphatic heterocycles. The average molecular weight is 401 g/mol. The Kier molecular flexibility index (Phi) is 5.58. The molecular weight excluding hydrogens is 380 g/mol. The van der Waals surface area contributed by atoms with E-state index in [0.717, 1.165) is 32.8 Å². The third-order valence-electron chi connectivity index (χ3n) is 4.73. The van der Waals surface area contributed by atoms with Gasteiger partial charge in [-0.15, -0.1) is 10.2 Å². The van der Waals surface area contributed by atoms with Crippen molar-refractivity contribution in [2.45, 2.75) is 17.2 Å². The molecule has 5 heteroatoms. The molecule has 1 aromatic heterocycles. The number of benzene rings is 3. The minimum atomic E-state index is -0.288. The van der Waals surface area contributed by atoms with E-state index in [1.54, 1.807) is 31.4 Å². The van der Waals surface area contributed by atoms with Crippen LogP contribution in [0.15, 0.2) is 83.9 Å². The molecule has 0 radical (unpaired) electrons. The van der Waals surface area contributed by atoms with Crippen molar-refractivity contribution in [3.05, 3.63) is 84.4 Å². The van der Waals surface area contributed by atoms with Gasteiger partial charge in [0.15, 0.2) is 5.78 Å². The number of hydrogen-bond donors (Lipinski definition) is 0. The van der Waals surface area contributed by atoms with Crippen molar-refractivity contribution < 1.29 is 9.53 Å². The Morgan fingerprint density at radius 2 is 1.52 bits per heavy atom. The normalized spacial score (nSPS) is 11.9. The smallest absolute Gasteiger partial charge is 0.175 e. The number of thioether (sulfide) groups is 1. The number of rotatable bonds is 6. The van der Waals surface area contributed by atoms with E-state index >= 15 is 0 Å². The molecule has 0 N–H and O–H groups in total. The second-order valence-electron chi connectivity index (χ2n) is 6.62. The van der Waals surface area contributed by atoms with E-state index in [9.17, 15) is 4.79 Å². The lowest BCUT2D eigenvalue weighted by molar-refractivity contribution is 0.0994. The molecule has 0 amide bonds. The summed E-state index contributed by atoms with van der Waals surface area (Å²) < 4.78 is 5.17. The van der Waals surface area contributed by atoms with Crippen LogP contribution in [0.1, 0.15) is 17.3 Å². The highest BCUT2D eigenvalue weighted by Gasteiger charge is 2.20. The molecule has 0 saturated heterocycles. The molecule has 1 atom stereocenters. The van der Waals surface area contributed by atoms with Gasteiger partial charge in [0.1, 0.15) is 16.5 Å². The molecule has 0 spiro atoms. The molecule has 4 rings (SSSR count). The van der Waals surface area contributed by atoms with Gasteiger partial charge >= 0.3 is 0 Å². The van der Waals surface area contributed by atoms with E-state index in [4.69, 9.17) is 4.74 Å². The summed E-state index contributed by atoms with van der Waals surface area (Å²) in [6.45, 7) is 1.90. The highest BCUT2D eigenvalue weighted by molar-refractivity contribution is 8.00. The third kappa shape index (κ3) is 4.00. The summed E-state index contributed by atoms with van der Waals surface area (Å²) in [7, 11) is 1.61. The first-order valence-electron chi connectivity index (χ1n) is 9.33. The van der Waals surface area contributed by atoms with Crippen molar-refractivity contribution in [1.29, 1.82) is 0 Å². The topological polar surface area (TPSA) is 52.1 Å². The van der Waals surface area contributed by atoms with Crippen molar-refractivity contribution >= 4 is 28.3 Å². The van der Waals surface area contributed by atoms with E-state index < -0.39 is 0 Å². The summed E-state index contributed by atoms with van der Waals surface area (Å²) >= 11 is 1.44. The summed E-state index contributed by atoms with van der Waals surface area (Å²) in [5, 5.41) is 11.5. The van der Waals surface area contributed by atoms with Gasteiger partial charge in [0.05, 0.1) is 12.4 Å². The molecule has 0 fully saturated rings. The molecule has 0 saturated carbocycles. The van der Waals surface area contributed by atoms with Gasteiger partial charge in [0.2, 0.25) is 0 Å². The minimum Gasteiger partial charge on any atom is -0.497 e. The zero-order valence-corrected chi connectivity index (χ0v) is 17.0. The maximum atomic E-state index is 12.9. The van der Waals surface area contributed by atoms with Crippen molar-refractivity contribution in [2.24, 2.45) is 0 Å². The standard InChI is InChI=1S/C24H20N2O2S/c1-16(23(27)18-12-14-19(28-2)15-13-18)29-24-21-11-7-6-10-20(21)22(25-26-24)17-8-4-3-5-9-17/h3-16H,1-2H3/t16-/m1/s1. The highest BCUT2D eigenvalue weighted by Crippen LogP contribution is 2.34. The Bertz CT molecular complexity index is 1140. The molecule has 0 unspecified atom stereocenters. The Hall–Kier alpha value is -3.18. The molecule has 0 aliphatic rings. The lowest BCUT2D eigenvalue weighted by Crippen LogP contribution is -2.14. The summed E-state index contributed by atoms with van der Waals surface area (Å²) in [5.41, 5.74) is 2.53. The number of carbonyl (C=O) groups is 1. The molecule has 4 nitrogen and oxygen atoms in total. The fraction of sp³-hybridized carbons (Fsp3) is 0.125. The SMILES string of the molecule is COc1ccc(C(=O)[C@@H](C)Sc2nnc(-c3ccccc3)c3ccccc23)cc1. The molecule has 29 heavy (non-hydrogen) atoms. The van der Waals surface area contributed by atoms with Crippen LogP contribution in [0.5, 0.6) is 5.75 Å². The lowest BCUT2D eigenvalue weighted by atomic mass is 10.1. The molecule has 144 valence electrons. The number of methoxy groups -OCH3 is 1. The van der Waals surface area contributed by atoms with Crippen LogP contribution in [-0.4, -0.2) is 28.3 Å². The van der Waals surface area contributed by atoms with Crippen LogP contribution < -0.4 is 4.74 Å². The average Bonchev–Trinajstić information content (AvgIpc) is 2.79. The number of carbonyl (C=O) groups excluding carboxylic acids is 1. The van der Waals surface area contributed by atoms with E-state index in [0.29, 0.717) is 5.56 Å². The molecule has 1 heterocycles. The minimum absolute atomic E-state index is 0.0515. The number of ketones is 1. The number of hydrogen-bond acceptors (Lipinski definition) is 5. The largest absolute Gasteiger partial charge is 0.497 e. The summed E-state index contributed by atoms with van der Waals surface area (Å²) in [6, 6.07) is 25.3. The molecule has 3 aromatic carbocycles. The van der Waals surface area contributed by atoms with Crippen LogP contribution in [0, 0.1) is 0 Å². The van der Waals surface area contributed by atoms with E-state index in [2.05, 4.69) is 10.2 Å². The van der Waals surface area contributed by atoms with Crippen LogP contribution in [0.3, 0.4) is 0 Å². The third-order valence-corrected chi connectivity index (χ3v) is 5.83. The van der Waals surface area contributed by atoms with Crippen molar-refractivity contribution in [2.75, 3.05) is 7.11 Å². The quantitative estimate of drug-likeness (QED) is 0.308. The van der Waals surface area contributed by atoms with Gasteiger partial charge < -0.3 is 4.74 Å².